The SMILES string of the molecule is CCN(C1CC1)[C@H](CN)C(=O)Nc1ccc(N2CCOCC2=O)cc1. The first kappa shape index (κ1) is 17.8. The van der Waals surface area contributed by atoms with Crippen LogP contribution in [0.2, 0.25) is 0 Å². The van der Waals surface area contributed by atoms with Crippen LogP contribution in [-0.4, -0.2) is 61.6 Å². The Balaban J connectivity index is 1.63. The van der Waals surface area contributed by atoms with Crippen LogP contribution in [0.4, 0.5) is 11.4 Å². The molecule has 1 heterocycles. The first-order valence-corrected chi connectivity index (χ1v) is 8.89. The summed E-state index contributed by atoms with van der Waals surface area (Å²) in [7, 11) is 0. The zero-order valence-electron chi connectivity index (χ0n) is 14.6. The summed E-state index contributed by atoms with van der Waals surface area (Å²) >= 11 is 0. The van der Waals surface area contributed by atoms with Gasteiger partial charge in [-0.05, 0) is 43.7 Å². The smallest absolute Gasteiger partial charge is 0.253 e. The third-order valence-electron chi connectivity index (χ3n) is 4.74. The van der Waals surface area contributed by atoms with Gasteiger partial charge < -0.3 is 20.7 Å². The van der Waals surface area contributed by atoms with Gasteiger partial charge in [0.15, 0.2) is 0 Å². The number of hydrogen-bond acceptors (Lipinski definition) is 5. The van der Waals surface area contributed by atoms with Gasteiger partial charge in [-0.2, -0.15) is 0 Å². The molecule has 1 aliphatic heterocycles. The lowest BCUT2D eigenvalue weighted by atomic mass is 10.2. The Labute approximate surface area is 148 Å². The van der Waals surface area contributed by atoms with Crippen molar-refractivity contribution >= 4 is 23.2 Å². The number of morpholine rings is 1. The monoisotopic (exact) mass is 346 g/mol. The summed E-state index contributed by atoms with van der Waals surface area (Å²) in [5, 5.41) is 2.94. The van der Waals surface area contributed by atoms with Gasteiger partial charge in [0.05, 0.1) is 6.61 Å². The molecule has 3 N–H and O–H groups in total. The molecule has 1 aromatic carbocycles. The van der Waals surface area contributed by atoms with Crippen LogP contribution in [-0.2, 0) is 14.3 Å². The maximum atomic E-state index is 12.6. The van der Waals surface area contributed by atoms with Crippen molar-refractivity contribution in [3.8, 4) is 0 Å². The molecule has 1 saturated carbocycles. The molecule has 1 saturated heterocycles. The molecule has 1 aliphatic carbocycles. The minimum atomic E-state index is -0.307. The molecule has 0 aromatic heterocycles. The molecular formula is C18H26N4O3. The van der Waals surface area contributed by atoms with Gasteiger partial charge in [0.2, 0.25) is 5.91 Å². The van der Waals surface area contributed by atoms with Gasteiger partial charge in [-0.15, -0.1) is 0 Å². The van der Waals surface area contributed by atoms with Gasteiger partial charge in [-0.1, -0.05) is 6.92 Å². The number of ether oxygens (including phenoxy) is 1. The fourth-order valence-electron chi connectivity index (χ4n) is 3.27. The standard InChI is InChI=1S/C18H26N4O3/c1-2-21(14-7-8-14)16(11-19)18(24)20-13-3-5-15(6-4-13)22-9-10-25-12-17(22)23/h3-6,14,16H,2,7-12,19H2,1H3,(H,20,24)/t16-/m1/s1. The van der Waals surface area contributed by atoms with E-state index < -0.39 is 0 Å². The van der Waals surface area contributed by atoms with Crippen molar-refractivity contribution in [2.75, 3.05) is 43.1 Å². The molecule has 1 atom stereocenters. The topological polar surface area (TPSA) is 87.9 Å². The summed E-state index contributed by atoms with van der Waals surface area (Å²) in [5.74, 6) is -0.124. The molecule has 7 heteroatoms. The van der Waals surface area contributed by atoms with Crippen LogP contribution in [0.3, 0.4) is 0 Å². The van der Waals surface area contributed by atoms with Crippen LogP contribution in [0.1, 0.15) is 19.8 Å². The van der Waals surface area contributed by atoms with E-state index in [0.717, 1.165) is 25.1 Å². The predicted octanol–water partition coefficient (Wildman–Crippen LogP) is 0.800. The minimum Gasteiger partial charge on any atom is -0.370 e. The summed E-state index contributed by atoms with van der Waals surface area (Å²) in [6.07, 6.45) is 2.28. The molecule has 7 nitrogen and oxygen atoms in total. The number of rotatable bonds is 7. The van der Waals surface area contributed by atoms with Gasteiger partial charge in [0.25, 0.3) is 5.91 Å². The molecule has 0 spiro atoms. The van der Waals surface area contributed by atoms with Gasteiger partial charge in [0, 0.05) is 30.5 Å². The summed E-state index contributed by atoms with van der Waals surface area (Å²) in [4.78, 5) is 28.4. The average molecular weight is 346 g/mol. The molecule has 0 radical (unpaired) electrons. The van der Waals surface area contributed by atoms with Crippen molar-refractivity contribution < 1.29 is 14.3 Å². The number of likely N-dealkylation sites (N-methyl/N-ethyl adjacent to an activating group) is 1. The number of amides is 2. The third-order valence-corrected chi connectivity index (χ3v) is 4.74. The Morgan fingerprint density at radius 2 is 2.12 bits per heavy atom. The fourth-order valence-corrected chi connectivity index (χ4v) is 3.27. The van der Waals surface area contributed by atoms with Gasteiger partial charge >= 0.3 is 0 Å². The van der Waals surface area contributed by atoms with Gasteiger partial charge in [0.1, 0.15) is 12.6 Å². The molecule has 2 fully saturated rings. The van der Waals surface area contributed by atoms with Crippen molar-refractivity contribution in [3.63, 3.8) is 0 Å². The van der Waals surface area contributed by atoms with Crippen LogP contribution in [0, 0.1) is 0 Å². The number of benzene rings is 1. The van der Waals surface area contributed by atoms with E-state index in [2.05, 4.69) is 17.1 Å². The Morgan fingerprint density at radius 1 is 1.40 bits per heavy atom. The van der Waals surface area contributed by atoms with Crippen molar-refractivity contribution in [1.82, 2.24) is 4.90 Å². The maximum Gasteiger partial charge on any atom is 0.253 e. The number of carbonyl (C=O) groups excluding carboxylic acids is 2. The summed E-state index contributed by atoms with van der Waals surface area (Å²) in [6.45, 7) is 4.38. The van der Waals surface area contributed by atoms with Crippen molar-refractivity contribution in [3.05, 3.63) is 24.3 Å². The van der Waals surface area contributed by atoms with E-state index >= 15 is 0 Å². The largest absolute Gasteiger partial charge is 0.370 e. The lowest BCUT2D eigenvalue weighted by Gasteiger charge is -2.29. The maximum absolute atomic E-state index is 12.6. The highest BCUT2D eigenvalue weighted by molar-refractivity contribution is 5.97. The normalized spacial score (nSPS) is 19.2. The summed E-state index contributed by atoms with van der Waals surface area (Å²) in [6, 6.07) is 7.49. The molecule has 1 aromatic rings. The average Bonchev–Trinajstić information content (AvgIpc) is 3.45. The van der Waals surface area contributed by atoms with E-state index in [9.17, 15) is 9.59 Å². The lowest BCUT2D eigenvalue weighted by Crippen LogP contribution is -2.49. The highest BCUT2D eigenvalue weighted by Gasteiger charge is 2.35. The van der Waals surface area contributed by atoms with Crippen molar-refractivity contribution in [1.29, 1.82) is 0 Å². The Bertz CT molecular complexity index is 615. The second-order valence-electron chi connectivity index (χ2n) is 6.45. The van der Waals surface area contributed by atoms with E-state index in [0.29, 0.717) is 31.4 Å². The molecule has 3 rings (SSSR count). The number of carbonyl (C=O) groups is 2. The molecule has 2 aliphatic rings. The second kappa shape index (κ2) is 7.95. The fraction of sp³-hybridized carbons (Fsp3) is 0.556. The van der Waals surface area contributed by atoms with Crippen molar-refractivity contribution in [2.24, 2.45) is 5.73 Å². The predicted molar refractivity (Wildman–Crippen MR) is 96.5 cm³/mol. The van der Waals surface area contributed by atoms with Gasteiger partial charge in [-0.25, -0.2) is 0 Å². The van der Waals surface area contributed by atoms with E-state index in [1.807, 2.05) is 24.3 Å². The van der Waals surface area contributed by atoms with Crippen LogP contribution >= 0.6 is 0 Å². The summed E-state index contributed by atoms with van der Waals surface area (Å²) in [5.41, 5.74) is 7.37. The van der Waals surface area contributed by atoms with Crippen LogP contribution in [0.15, 0.2) is 24.3 Å². The molecule has 0 unspecified atom stereocenters. The quantitative estimate of drug-likeness (QED) is 0.762. The minimum absolute atomic E-state index is 0.0470. The summed E-state index contributed by atoms with van der Waals surface area (Å²) < 4.78 is 5.14. The molecule has 0 bridgehead atoms. The second-order valence-corrected chi connectivity index (χ2v) is 6.45. The number of nitrogens with one attached hydrogen (secondary N) is 1. The first-order chi connectivity index (χ1) is 12.1. The number of nitrogens with zero attached hydrogens (tertiary/aromatic N) is 2. The highest BCUT2D eigenvalue weighted by Crippen LogP contribution is 2.28. The van der Waals surface area contributed by atoms with E-state index in [1.54, 1.807) is 4.90 Å². The Morgan fingerprint density at radius 3 is 2.68 bits per heavy atom. The first-order valence-electron chi connectivity index (χ1n) is 8.89. The van der Waals surface area contributed by atoms with E-state index in [4.69, 9.17) is 10.5 Å². The van der Waals surface area contributed by atoms with Crippen molar-refractivity contribution in [2.45, 2.75) is 31.8 Å². The number of nitrogens with two attached hydrogens (primary N) is 1. The zero-order valence-corrected chi connectivity index (χ0v) is 14.6. The highest BCUT2D eigenvalue weighted by atomic mass is 16.5. The molecule has 2 amide bonds. The number of hydrogen-bond donors (Lipinski definition) is 2. The van der Waals surface area contributed by atoms with Gasteiger partial charge in [-0.3, -0.25) is 14.5 Å². The van der Waals surface area contributed by atoms with Crippen LogP contribution in [0.5, 0.6) is 0 Å². The number of anilines is 2. The Kier molecular flexibility index (Phi) is 5.67. The molecular weight excluding hydrogens is 320 g/mol. The molecule has 25 heavy (non-hydrogen) atoms. The lowest BCUT2D eigenvalue weighted by molar-refractivity contribution is -0.125. The van der Waals surface area contributed by atoms with E-state index in [1.165, 1.54) is 0 Å². The zero-order chi connectivity index (χ0) is 17.8. The third kappa shape index (κ3) is 4.18. The molecule has 136 valence electrons. The van der Waals surface area contributed by atoms with Crippen LogP contribution < -0.4 is 16.0 Å². The van der Waals surface area contributed by atoms with E-state index in [-0.39, 0.29) is 24.5 Å². The Hall–Kier alpha value is -1.96. The van der Waals surface area contributed by atoms with Crippen LogP contribution in [0.25, 0.3) is 0 Å².